The Labute approximate surface area is 84.1 Å². The predicted octanol–water partition coefficient (Wildman–Crippen LogP) is 0.283. The van der Waals surface area contributed by atoms with Crippen LogP contribution in [0, 0.1) is 0 Å². The summed E-state index contributed by atoms with van der Waals surface area (Å²) >= 11 is 0. The summed E-state index contributed by atoms with van der Waals surface area (Å²) < 4.78 is 0. The van der Waals surface area contributed by atoms with Crippen LogP contribution in [0.4, 0.5) is 0 Å². The molecule has 0 aliphatic rings. The fourth-order valence-corrected chi connectivity index (χ4v) is 1.16. The van der Waals surface area contributed by atoms with Gasteiger partial charge in [-0.1, -0.05) is 6.92 Å². The molecule has 0 radical (unpaired) electrons. The van der Waals surface area contributed by atoms with Gasteiger partial charge in [0.2, 0.25) is 5.91 Å². The summed E-state index contributed by atoms with van der Waals surface area (Å²) in [7, 11) is 0. The van der Waals surface area contributed by atoms with Crippen molar-refractivity contribution in [1.29, 1.82) is 0 Å². The molecule has 0 saturated heterocycles. The van der Waals surface area contributed by atoms with E-state index >= 15 is 0 Å². The molecule has 1 rings (SSSR count). The second-order valence-corrected chi connectivity index (χ2v) is 3.08. The van der Waals surface area contributed by atoms with Gasteiger partial charge in [0.15, 0.2) is 0 Å². The molecule has 1 amide bonds. The van der Waals surface area contributed by atoms with E-state index in [9.17, 15) is 4.79 Å². The van der Waals surface area contributed by atoms with Crippen molar-refractivity contribution in [3.8, 4) is 0 Å². The molecular formula is C10H17N3O. The molecule has 1 aromatic rings. The summed E-state index contributed by atoms with van der Waals surface area (Å²) in [5.41, 5.74) is 1.15. The second kappa shape index (κ2) is 6.21. The Kier molecular flexibility index (Phi) is 4.78. The Morgan fingerprint density at radius 2 is 2.43 bits per heavy atom. The molecule has 0 saturated carbocycles. The monoisotopic (exact) mass is 195 g/mol. The first-order valence-electron chi connectivity index (χ1n) is 4.92. The maximum absolute atomic E-state index is 11.1. The first-order valence-corrected chi connectivity index (χ1v) is 4.92. The number of hydrogen-bond donors (Lipinski definition) is 3. The maximum Gasteiger partial charge on any atom is 0.233 e. The normalized spacial score (nSPS) is 10.1. The summed E-state index contributed by atoms with van der Waals surface area (Å²) in [5, 5.41) is 5.81. The van der Waals surface area contributed by atoms with Gasteiger partial charge in [-0.05, 0) is 18.7 Å². The Morgan fingerprint density at radius 1 is 1.57 bits per heavy atom. The van der Waals surface area contributed by atoms with E-state index in [2.05, 4.69) is 15.6 Å². The lowest BCUT2D eigenvalue weighted by molar-refractivity contribution is -0.120. The van der Waals surface area contributed by atoms with Crippen LogP contribution in [-0.2, 0) is 11.2 Å². The summed E-state index contributed by atoms with van der Waals surface area (Å²) in [4.78, 5) is 14.2. The molecular weight excluding hydrogens is 178 g/mol. The van der Waals surface area contributed by atoms with Crippen LogP contribution < -0.4 is 10.6 Å². The van der Waals surface area contributed by atoms with E-state index in [1.807, 2.05) is 25.3 Å². The van der Waals surface area contributed by atoms with E-state index in [0.29, 0.717) is 13.1 Å². The van der Waals surface area contributed by atoms with E-state index < -0.39 is 0 Å². The molecule has 0 aliphatic heterocycles. The van der Waals surface area contributed by atoms with Crippen molar-refractivity contribution < 1.29 is 4.79 Å². The third-order valence-corrected chi connectivity index (χ3v) is 1.91. The largest absolute Gasteiger partial charge is 0.365 e. The summed E-state index contributed by atoms with van der Waals surface area (Å²) in [5.74, 6) is 0.0541. The van der Waals surface area contributed by atoms with Crippen LogP contribution >= 0.6 is 0 Å². The van der Waals surface area contributed by atoms with Gasteiger partial charge in [0.25, 0.3) is 0 Å². The quantitative estimate of drug-likeness (QED) is 0.611. The number of amides is 1. The highest BCUT2D eigenvalue weighted by atomic mass is 16.1. The van der Waals surface area contributed by atoms with Crippen LogP contribution in [0.25, 0.3) is 0 Å². The molecule has 0 aromatic carbocycles. The van der Waals surface area contributed by atoms with E-state index in [-0.39, 0.29) is 5.91 Å². The fourth-order valence-electron chi connectivity index (χ4n) is 1.16. The molecule has 0 unspecified atom stereocenters. The molecule has 0 fully saturated rings. The number of hydrogen-bond acceptors (Lipinski definition) is 2. The van der Waals surface area contributed by atoms with Crippen molar-refractivity contribution in [1.82, 2.24) is 15.6 Å². The number of aromatic amines is 1. The zero-order valence-electron chi connectivity index (χ0n) is 8.47. The summed E-state index contributed by atoms with van der Waals surface area (Å²) in [6, 6.07) is 3.96. The Morgan fingerprint density at radius 3 is 3.07 bits per heavy atom. The van der Waals surface area contributed by atoms with Gasteiger partial charge < -0.3 is 15.6 Å². The molecule has 1 heterocycles. The van der Waals surface area contributed by atoms with Crippen LogP contribution in [0.15, 0.2) is 18.3 Å². The lowest BCUT2D eigenvalue weighted by atomic mass is 10.3. The van der Waals surface area contributed by atoms with E-state index in [1.54, 1.807) is 0 Å². The average molecular weight is 195 g/mol. The smallest absolute Gasteiger partial charge is 0.233 e. The molecule has 4 nitrogen and oxygen atoms in total. The van der Waals surface area contributed by atoms with Crippen LogP contribution in [0.1, 0.15) is 12.6 Å². The minimum Gasteiger partial charge on any atom is -0.365 e. The predicted molar refractivity (Wildman–Crippen MR) is 56.1 cm³/mol. The van der Waals surface area contributed by atoms with E-state index in [0.717, 1.165) is 18.7 Å². The highest BCUT2D eigenvalue weighted by Crippen LogP contribution is 1.93. The van der Waals surface area contributed by atoms with Gasteiger partial charge in [-0.15, -0.1) is 0 Å². The van der Waals surface area contributed by atoms with Crippen molar-refractivity contribution in [2.75, 3.05) is 19.6 Å². The second-order valence-electron chi connectivity index (χ2n) is 3.08. The lowest BCUT2D eigenvalue weighted by Crippen LogP contribution is -2.34. The molecule has 0 aliphatic carbocycles. The highest BCUT2D eigenvalue weighted by Gasteiger charge is 1.98. The van der Waals surface area contributed by atoms with Crippen LogP contribution in [-0.4, -0.2) is 30.5 Å². The first-order chi connectivity index (χ1) is 6.83. The third-order valence-electron chi connectivity index (χ3n) is 1.91. The van der Waals surface area contributed by atoms with Gasteiger partial charge in [-0.25, -0.2) is 0 Å². The zero-order chi connectivity index (χ0) is 10.2. The third kappa shape index (κ3) is 4.09. The molecule has 0 spiro atoms. The molecule has 78 valence electrons. The van der Waals surface area contributed by atoms with E-state index in [4.69, 9.17) is 0 Å². The van der Waals surface area contributed by atoms with Crippen molar-refractivity contribution in [3.05, 3.63) is 24.0 Å². The first kappa shape index (κ1) is 10.8. The number of nitrogens with one attached hydrogen (secondary N) is 3. The number of rotatable bonds is 6. The summed E-state index contributed by atoms with van der Waals surface area (Å²) in [6.45, 7) is 3.89. The molecule has 14 heavy (non-hydrogen) atoms. The molecule has 4 heteroatoms. The minimum atomic E-state index is 0.0541. The molecule has 1 aromatic heterocycles. The zero-order valence-corrected chi connectivity index (χ0v) is 8.47. The Balaban J connectivity index is 2.06. The van der Waals surface area contributed by atoms with Crippen molar-refractivity contribution in [2.24, 2.45) is 0 Å². The number of likely N-dealkylation sites (N-methyl/N-ethyl adjacent to an activating group) is 1. The SMILES string of the molecule is CCNCC(=O)NCCc1ccc[nH]1. The molecule has 0 bridgehead atoms. The van der Waals surface area contributed by atoms with Crippen LogP contribution in [0.2, 0.25) is 0 Å². The van der Waals surface area contributed by atoms with Gasteiger partial charge in [-0.2, -0.15) is 0 Å². The van der Waals surface area contributed by atoms with Crippen molar-refractivity contribution in [2.45, 2.75) is 13.3 Å². The Bertz CT molecular complexity index is 256. The minimum absolute atomic E-state index is 0.0541. The molecule has 0 atom stereocenters. The summed E-state index contributed by atoms with van der Waals surface area (Å²) in [6.07, 6.45) is 2.74. The number of aromatic nitrogens is 1. The highest BCUT2D eigenvalue weighted by molar-refractivity contribution is 5.77. The van der Waals surface area contributed by atoms with Gasteiger partial charge >= 0.3 is 0 Å². The molecule has 3 N–H and O–H groups in total. The Hall–Kier alpha value is -1.29. The van der Waals surface area contributed by atoms with Gasteiger partial charge in [0.1, 0.15) is 0 Å². The number of carbonyl (C=O) groups excluding carboxylic acids is 1. The van der Waals surface area contributed by atoms with Crippen molar-refractivity contribution in [3.63, 3.8) is 0 Å². The van der Waals surface area contributed by atoms with E-state index in [1.165, 1.54) is 0 Å². The average Bonchev–Trinajstić information content (AvgIpc) is 2.67. The standard InChI is InChI=1S/C10H17N3O/c1-2-11-8-10(14)13-7-5-9-4-3-6-12-9/h3-4,6,11-12H,2,5,7-8H2,1H3,(H,13,14). The fraction of sp³-hybridized carbons (Fsp3) is 0.500. The lowest BCUT2D eigenvalue weighted by Gasteiger charge is -2.04. The maximum atomic E-state index is 11.1. The number of H-pyrrole nitrogens is 1. The van der Waals surface area contributed by atoms with Crippen molar-refractivity contribution >= 4 is 5.91 Å². The van der Waals surface area contributed by atoms with Crippen LogP contribution in [0.3, 0.4) is 0 Å². The van der Waals surface area contributed by atoms with Gasteiger partial charge in [0.05, 0.1) is 6.54 Å². The van der Waals surface area contributed by atoms with Gasteiger partial charge in [-0.3, -0.25) is 4.79 Å². The number of carbonyl (C=O) groups is 1. The van der Waals surface area contributed by atoms with Crippen LogP contribution in [0.5, 0.6) is 0 Å². The van der Waals surface area contributed by atoms with Gasteiger partial charge in [0, 0.05) is 24.9 Å². The topological polar surface area (TPSA) is 56.9 Å².